The fourth-order valence-corrected chi connectivity index (χ4v) is 2.29. The number of hydrogen-bond donors (Lipinski definition) is 1. The summed E-state index contributed by atoms with van der Waals surface area (Å²) in [5.74, 6) is -0.611. The van der Waals surface area contributed by atoms with Gasteiger partial charge in [0.05, 0.1) is 0 Å². The second kappa shape index (κ2) is 2.46. The number of rotatable bonds is 2. The Kier molecular flexibility index (Phi) is 1.65. The van der Waals surface area contributed by atoms with E-state index in [0.717, 1.165) is 32.2 Å². The first-order chi connectivity index (χ1) is 5.67. The predicted molar refractivity (Wildman–Crippen MR) is 45.0 cm³/mol. The van der Waals surface area contributed by atoms with E-state index in [2.05, 4.69) is 11.8 Å². The van der Waals surface area contributed by atoms with Gasteiger partial charge in [0.2, 0.25) is 0 Å². The molecule has 0 aromatic carbocycles. The van der Waals surface area contributed by atoms with Gasteiger partial charge in [-0.15, -0.1) is 0 Å². The summed E-state index contributed by atoms with van der Waals surface area (Å²) in [4.78, 5) is 13.2. The van der Waals surface area contributed by atoms with E-state index in [1.165, 1.54) is 0 Å². The van der Waals surface area contributed by atoms with Crippen LogP contribution in [0.5, 0.6) is 0 Å². The number of nitrogens with zero attached hydrogens (tertiary/aromatic N) is 1. The number of hydrogen-bond acceptors (Lipinski definition) is 2. The first-order valence-corrected chi connectivity index (χ1v) is 4.67. The number of carboxylic acid groups (broad SMARTS) is 1. The predicted octanol–water partition coefficient (Wildman–Crippen LogP) is 1.09. The van der Waals surface area contributed by atoms with Crippen LogP contribution in [-0.2, 0) is 4.79 Å². The third kappa shape index (κ3) is 0.829. The van der Waals surface area contributed by atoms with Gasteiger partial charge < -0.3 is 5.11 Å². The van der Waals surface area contributed by atoms with Crippen molar-refractivity contribution in [2.24, 2.45) is 0 Å². The van der Waals surface area contributed by atoms with Gasteiger partial charge in [-0.2, -0.15) is 0 Å². The molecule has 0 amide bonds. The Labute approximate surface area is 72.4 Å². The van der Waals surface area contributed by atoms with Gasteiger partial charge in [-0.1, -0.05) is 0 Å². The molecule has 1 N–H and O–H groups in total. The SMILES string of the molecule is CC1CCN1C1(C(=O)O)CCC1. The molecular weight excluding hydrogens is 154 g/mol. The number of carboxylic acids is 1. The summed E-state index contributed by atoms with van der Waals surface area (Å²) < 4.78 is 0. The van der Waals surface area contributed by atoms with Gasteiger partial charge in [-0.25, -0.2) is 0 Å². The second-order valence-corrected chi connectivity index (χ2v) is 4.02. The van der Waals surface area contributed by atoms with Crippen LogP contribution in [0.4, 0.5) is 0 Å². The van der Waals surface area contributed by atoms with E-state index < -0.39 is 11.5 Å². The molecule has 0 bridgehead atoms. The fourth-order valence-electron chi connectivity index (χ4n) is 2.29. The van der Waals surface area contributed by atoms with Crippen molar-refractivity contribution >= 4 is 5.97 Å². The van der Waals surface area contributed by atoms with Crippen LogP contribution in [0.3, 0.4) is 0 Å². The molecule has 3 heteroatoms. The van der Waals surface area contributed by atoms with Crippen LogP contribution in [0.15, 0.2) is 0 Å². The summed E-state index contributed by atoms with van der Waals surface area (Å²) in [5.41, 5.74) is -0.461. The molecule has 0 spiro atoms. The Morgan fingerprint density at radius 2 is 2.25 bits per heavy atom. The lowest BCUT2D eigenvalue weighted by Gasteiger charge is -2.54. The highest BCUT2D eigenvalue weighted by atomic mass is 16.4. The lowest BCUT2D eigenvalue weighted by atomic mass is 9.72. The molecule has 2 rings (SSSR count). The van der Waals surface area contributed by atoms with Crippen molar-refractivity contribution < 1.29 is 9.90 Å². The van der Waals surface area contributed by atoms with Gasteiger partial charge in [0, 0.05) is 12.6 Å². The smallest absolute Gasteiger partial charge is 0.324 e. The van der Waals surface area contributed by atoms with Gasteiger partial charge in [0.25, 0.3) is 0 Å². The van der Waals surface area contributed by atoms with Gasteiger partial charge in [0.15, 0.2) is 0 Å². The molecule has 2 aliphatic rings. The average molecular weight is 169 g/mol. The van der Waals surface area contributed by atoms with Gasteiger partial charge in [-0.3, -0.25) is 9.69 Å². The number of aliphatic carboxylic acids is 1. The number of likely N-dealkylation sites (tertiary alicyclic amines) is 1. The fraction of sp³-hybridized carbons (Fsp3) is 0.889. The maximum absolute atomic E-state index is 11.0. The first kappa shape index (κ1) is 8.05. The lowest BCUT2D eigenvalue weighted by Crippen LogP contribution is -2.66. The minimum absolute atomic E-state index is 0.461. The van der Waals surface area contributed by atoms with Crippen molar-refractivity contribution in [3.63, 3.8) is 0 Å². The molecule has 12 heavy (non-hydrogen) atoms. The van der Waals surface area contributed by atoms with E-state index in [1.807, 2.05) is 0 Å². The standard InChI is InChI=1S/C9H15NO2/c1-7-3-6-10(7)9(8(11)12)4-2-5-9/h7H,2-6H2,1H3,(H,11,12). The Balaban J connectivity index is 2.11. The van der Waals surface area contributed by atoms with Gasteiger partial charge in [0.1, 0.15) is 5.54 Å². The lowest BCUT2D eigenvalue weighted by molar-refractivity contribution is -0.167. The highest BCUT2D eigenvalue weighted by Crippen LogP contribution is 2.42. The van der Waals surface area contributed by atoms with Crippen molar-refractivity contribution in [1.29, 1.82) is 0 Å². The zero-order valence-corrected chi connectivity index (χ0v) is 7.42. The zero-order valence-electron chi connectivity index (χ0n) is 7.42. The van der Waals surface area contributed by atoms with Crippen LogP contribution in [0.25, 0.3) is 0 Å². The second-order valence-electron chi connectivity index (χ2n) is 4.02. The van der Waals surface area contributed by atoms with E-state index in [-0.39, 0.29) is 0 Å². The maximum atomic E-state index is 11.0. The third-order valence-corrected chi connectivity index (χ3v) is 3.45. The monoisotopic (exact) mass is 169 g/mol. The quantitative estimate of drug-likeness (QED) is 0.672. The molecule has 1 saturated carbocycles. The summed E-state index contributed by atoms with van der Waals surface area (Å²) >= 11 is 0. The highest BCUT2D eigenvalue weighted by molar-refractivity contribution is 5.80. The van der Waals surface area contributed by atoms with Crippen molar-refractivity contribution in [2.75, 3.05) is 6.54 Å². The molecule has 0 aromatic rings. The number of carbonyl (C=O) groups is 1. The molecule has 1 aliphatic heterocycles. The summed E-state index contributed by atoms with van der Waals surface area (Å²) in [6.45, 7) is 3.10. The van der Waals surface area contributed by atoms with Crippen LogP contribution in [0.2, 0.25) is 0 Å². The molecule has 1 heterocycles. The molecule has 1 saturated heterocycles. The van der Waals surface area contributed by atoms with E-state index in [0.29, 0.717) is 6.04 Å². The van der Waals surface area contributed by atoms with Gasteiger partial charge in [-0.05, 0) is 32.6 Å². The van der Waals surface area contributed by atoms with Crippen molar-refractivity contribution in [3.8, 4) is 0 Å². The van der Waals surface area contributed by atoms with Crippen molar-refractivity contribution in [3.05, 3.63) is 0 Å². The molecule has 0 radical (unpaired) electrons. The molecule has 1 atom stereocenters. The zero-order chi connectivity index (χ0) is 8.77. The van der Waals surface area contributed by atoms with Crippen LogP contribution >= 0.6 is 0 Å². The van der Waals surface area contributed by atoms with E-state index in [4.69, 9.17) is 5.11 Å². The Morgan fingerprint density at radius 1 is 1.58 bits per heavy atom. The molecule has 0 aromatic heterocycles. The Bertz CT molecular complexity index is 211. The minimum atomic E-state index is -0.611. The van der Waals surface area contributed by atoms with Crippen molar-refractivity contribution in [1.82, 2.24) is 4.90 Å². The van der Waals surface area contributed by atoms with Crippen LogP contribution in [0.1, 0.15) is 32.6 Å². The molecule has 3 nitrogen and oxygen atoms in total. The summed E-state index contributed by atoms with van der Waals surface area (Å²) in [6.07, 6.45) is 3.95. The Morgan fingerprint density at radius 3 is 2.33 bits per heavy atom. The summed E-state index contributed by atoms with van der Waals surface area (Å²) in [7, 11) is 0. The highest BCUT2D eigenvalue weighted by Gasteiger charge is 2.53. The molecule has 2 fully saturated rings. The van der Waals surface area contributed by atoms with E-state index in [1.54, 1.807) is 0 Å². The molecule has 68 valence electrons. The third-order valence-electron chi connectivity index (χ3n) is 3.45. The molecule has 1 unspecified atom stereocenters. The van der Waals surface area contributed by atoms with E-state index >= 15 is 0 Å². The minimum Gasteiger partial charge on any atom is -0.480 e. The normalized spacial score (nSPS) is 33.6. The topological polar surface area (TPSA) is 40.5 Å². The maximum Gasteiger partial charge on any atom is 0.324 e. The molecule has 1 aliphatic carbocycles. The van der Waals surface area contributed by atoms with Crippen LogP contribution in [0, 0.1) is 0 Å². The summed E-state index contributed by atoms with van der Waals surface area (Å²) in [6, 6.07) is 0.487. The van der Waals surface area contributed by atoms with Crippen LogP contribution < -0.4 is 0 Å². The van der Waals surface area contributed by atoms with Crippen molar-refractivity contribution in [2.45, 2.75) is 44.2 Å². The summed E-state index contributed by atoms with van der Waals surface area (Å²) in [5, 5.41) is 9.10. The Hall–Kier alpha value is -0.570. The largest absolute Gasteiger partial charge is 0.480 e. The van der Waals surface area contributed by atoms with Gasteiger partial charge >= 0.3 is 5.97 Å². The van der Waals surface area contributed by atoms with E-state index in [9.17, 15) is 4.79 Å². The van der Waals surface area contributed by atoms with Crippen LogP contribution in [-0.4, -0.2) is 34.1 Å². The average Bonchev–Trinajstić information content (AvgIpc) is 1.92. The first-order valence-electron chi connectivity index (χ1n) is 4.67. The molecular formula is C9H15NO2.